The fourth-order valence-electron chi connectivity index (χ4n) is 2.43. The highest BCUT2D eigenvalue weighted by atomic mass is 35.5. The third kappa shape index (κ3) is 4.27. The van der Waals surface area contributed by atoms with Gasteiger partial charge in [-0.25, -0.2) is 4.98 Å². The summed E-state index contributed by atoms with van der Waals surface area (Å²) in [5.74, 6) is 0.574. The number of nitrogens with one attached hydrogen (secondary N) is 2. The van der Waals surface area contributed by atoms with Crippen molar-refractivity contribution in [3.8, 4) is 10.6 Å². The molecule has 2 aromatic rings. The lowest BCUT2D eigenvalue weighted by atomic mass is 10.0. The zero-order valence-electron chi connectivity index (χ0n) is 11.5. The maximum atomic E-state index is 11.9. The largest absolute Gasteiger partial charge is 0.326 e. The first-order valence-corrected chi connectivity index (χ1v) is 7.70. The average molecular weight is 324 g/mol. The van der Waals surface area contributed by atoms with Crippen LogP contribution in [0.1, 0.15) is 12.8 Å². The molecule has 1 aromatic heterocycles. The third-order valence-corrected chi connectivity index (χ3v) is 4.31. The van der Waals surface area contributed by atoms with E-state index >= 15 is 0 Å². The molecule has 3 rings (SSSR count). The molecule has 0 saturated carbocycles. The van der Waals surface area contributed by atoms with Gasteiger partial charge in [0.05, 0.1) is 0 Å². The zero-order chi connectivity index (χ0) is 13.8. The summed E-state index contributed by atoms with van der Waals surface area (Å²) in [5, 5.41) is 9.20. The summed E-state index contributed by atoms with van der Waals surface area (Å²) in [6.07, 6.45) is 3.49. The van der Waals surface area contributed by atoms with Crippen molar-refractivity contribution in [3.05, 3.63) is 35.8 Å². The van der Waals surface area contributed by atoms with Crippen molar-refractivity contribution in [2.75, 3.05) is 18.4 Å². The highest BCUT2D eigenvalue weighted by Crippen LogP contribution is 2.23. The molecule has 21 heavy (non-hydrogen) atoms. The molecule has 1 fully saturated rings. The Kier molecular flexibility index (Phi) is 5.73. The van der Waals surface area contributed by atoms with Crippen LogP contribution in [-0.4, -0.2) is 24.0 Å². The van der Waals surface area contributed by atoms with Gasteiger partial charge in [0.1, 0.15) is 5.01 Å². The van der Waals surface area contributed by atoms with Crippen molar-refractivity contribution in [2.45, 2.75) is 12.8 Å². The maximum Gasteiger partial charge on any atom is 0.224 e. The van der Waals surface area contributed by atoms with Crippen LogP contribution in [0.3, 0.4) is 0 Å². The van der Waals surface area contributed by atoms with Gasteiger partial charge in [-0.05, 0) is 49.7 Å². The molecule has 0 aliphatic carbocycles. The highest BCUT2D eigenvalue weighted by molar-refractivity contribution is 7.13. The Labute approximate surface area is 134 Å². The van der Waals surface area contributed by atoms with Crippen LogP contribution in [-0.2, 0) is 4.79 Å². The number of carbonyl (C=O) groups is 1. The second-order valence-electron chi connectivity index (χ2n) is 5.03. The molecule has 0 spiro atoms. The van der Waals surface area contributed by atoms with Gasteiger partial charge in [-0.2, -0.15) is 0 Å². The van der Waals surface area contributed by atoms with E-state index in [0.717, 1.165) is 35.8 Å². The SMILES string of the molecule is Cl.O=C(CC1CCNC1)Nc1ccc(-c2nccs2)cc1. The van der Waals surface area contributed by atoms with Gasteiger partial charge >= 0.3 is 0 Å². The van der Waals surface area contributed by atoms with Crippen molar-refractivity contribution in [2.24, 2.45) is 5.92 Å². The molecule has 1 aliphatic heterocycles. The summed E-state index contributed by atoms with van der Waals surface area (Å²) in [6, 6.07) is 7.85. The van der Waals surface area contributed by atoms with Crippen molar-refractivity contribution in [1.29, 1.82) is 0 Å². The van der Waals surface area contributed by atoms with Gasteiger partial charge in [0, 0.05) is 29.2 Å². The summed E-state index contributed by atoms with van der Waals surface area (Å²) in [7, 11) is 0. The number of benzene rings is 1. The van der Waals surface area contributed by atoms with Crippen molar-refractivity contribution < 1.29 is 4.79 Å². The Balaban J connectivity index is 0.00000161. The first kappa shape index (κ1) is 15.9. The van der Waals surface area contributed by atoms with Crippen molar-refractivity contribution >= 4 is 35.3 Å². The van der Waals surface area contributed by atoms with Crippen LogP contribution in [0.15, 0.2) is 35.8 Å². The minimum atomic E-state index is 0. The van der Waals surface area contributed by atoms with Crippen LogP contribution in [0.4, 0.5) is 5.69 Å². The fraction of sp³-hybridized carbons (Fsp3) is 0.333. The maximum absolute atomic E-state index is 11.9. The topological polar surface area (TPSA) is 54.0 Å². The van der Waals surface area contributed by atoms with E-state index in [9.17, 15) is 4.79 Å². The minimum absolute atomic E-state index is 0. The summed E-state index contributed by atoms with van der Waals surface area (Å²) in [5.41, 5.74) is 1.93. The summed E-state index contributed by atoms with van der Waals surface area (Å²) in [6.45, 7) is 1.98. The van der Waals surface area contributed by atoms with E-state index in [2.05, 4.69) is 15.6 Å². The van der Waals surface area contributed by atoms with E-state index in [4.69, 9.17) is 0 Å². The van der Waals surface area contributed by atoms with Crippen LogP contribution < -0.4 is 10.6 Å². The van der Waals surface area contributed by atoms with Crippen LogP contribution in [0.25, 0.3) is 10.6 Å². The smallest absolute Gasteiger partial charge is 0.224 e. The number of carbonyl (C=O) groups excluding carboxylic acids is 1. The molecule has 6 heteroatoms. The predicted octanol–water partition coefficient (Wildman–Crippen LogP) is 3.17. The van der Waals surface area contributed by atoms with E-state index in [1.165, 1.54) is 0 Å². The lowest BCUT2D eigenvalue weighted by Gasteiger charge is -2.09. The van der Waals surface area contributed by atoms with Gasteiger partial charge in [0.2, 0.25) is 5.91 Å². The van der Waals surface area contributed by atoms with Crippen molar-refractivity contribution in [1.82, 2.24) is 10.3 Å². The van der Waals surface area contributed by atoms with E-state index in [1.807, 2.05) is 29.6 Å². The molecule has 1 amide bonds. The molecule has 1 saturated heterocycles. The first-order valence-electron chi connectivity index (χ1n) is 6.82. The van der Waals surface area contributed by atoms with Gasteiger partial charge in [-0.3, -0.25) is 4.79 Å². The number of anilines is 1. The van der Waals surface area contributed by atoms with Crippen LogP contribution in [0.5, 0.6) is 0 Å². The molecule has 0 radical (unpaired) electrons. The van der Waals surface area contributed by atoms with Gasteiger partial charge in [0.15, 0.2) is 0 Å². The van der Waals surface area contributed by atoms with Crippen LogP contribution in [0, 0.1) is 5.92 Å². The highest BCUT2D eigenvalue weighted by Gasteiger charge is 2.17. The second-order valence-corrected chi connectivity index (χ2v) is 5.92. The zero-order valence-corrected chi connectivity index (χ0v) is 13.2. The van der Waals surface area contributed by atoms with Gasteiger partial charge in [-0.1, -0.05) is 0 Å². The molecule has 1 atom stereocenters. The van der Waals surface area contributed by atoms with Gasteiger partial charge < -0.3 is 10.6 Å². The van der Waals surface area contributed by atoms with Crippen molar-refractivity contribution in [3.63, 3.8) is 0 Å². The molecule has 2 heterocycles. The Bertz CT molecular complexity index is 565. The molecule has 2 N–H and O–H groups in total. The summed E-state index contributed by atoms with van der Waals surface area (Å²) >= 11 is 1.61. The number of hydrogen-bond donors (Lipinski definition) is 2. The molecular weight excluding hydrogens is 306 g/mol. The van der Waals surface area contributed by atoms with E-state index < -0.39 is 0 Å². The lowest BCUT2D eigenvalue weighted by molar-refractivity contribution is -0.116. The number of halogens is 1. The summed E-state index contributed by atoms with van der Waals surface area (Å²) in [4.78, 5) is 16.2. The van der Waals surface area contributed by atoms with Gasteiger partial charge in [-0.15, -0.1) is 23.7 Å². The first-order chi connectivity index (χ1) is 9.81. The van der Waals surface area contributed by atoms with Crippen LogP contribution >= 0.6 is 23.7 Å². The van der Waals surface area contributed by atoms with E-state index in [0.29, 0.717) is 12.3 Å². The number of aromatic nitrogens is 1. The Morgan fingerprint density at radius 3 is 2.81 bits per heavy atom. The number of thiazole rings is 1. The standard InChI is InChI=1S/C15H17N3OS.ClH/c19-14(9-11-5-6-16-10-11)18-13-3-1-12(2-4-13)15-17-7-8-20-15;/h1-4,7-8,11,16H,5-6,9-10H2,(H,18,19);1H. The van der Waals surface area contributed by atoms with Gasteiger partial charge in [0.25, 0.3) is 0 Å². The Morgan fingerprint density at radius 2 is 2.19 bits per heavy atom. The quantitative estimate of drug-likeness (QED) is 0.908. The Morgan fingerprint density at radius 1 is 1.38 bits per heavy atom. The molecule has 112 valence electrons. The minimum Gasteiger partial charge on any atom is -0.326 e. The Hall–Kier alpha value is -1.43. The normalized spacial score (nSPS) is 17.2. The number of nitrogens with zero attached hydrogens (tertiary/aromatic N) is 1. The fourth-order valence-corrected chi connectivity index (χ4v) is 3.07. The second kappa shape index (κ2) is 7.54. The average Bonchev–Trinajstić information content (AvgIpc) is 3.12. The molecule has 4 nitrogen and oxygen atoms in total. The number of rotatable bonds is 4. The lowest BCUT2D eigenvalue weighted by Crippen LogP contribution is -2.18. The molecule has 1 aromatic carbocycles. The van der Waals surface area contributed by atoms with Crippen LogP contribution in [0.2, 0.25) is 0 Å². The molecule has 0 bridgehead atoms. The molecule has 1 aliphatic rings. The monoisotopic (exact) mass is 323 g/mol. The number of hydrogen-bond acceptors (Lipinski definition) is 4. The predicted molar refractivity (Wildman–Crippen MR) is 89.0 cm³/mol. The van der Waals surface area contributed by atoms with E-state index in [1.54, 1.807) is 17.5 Å². The third-order valence-electron chi connectivity index (χ3n) is 3.48. The van der Waals surface area contributed by atoms with E-state index in [-0.39, 0.29) is 18.3 Å². The molecule has 1 unspecified atom stereocenters. The summed E-state index contributed by atoms with van der Waals surface area (Å²) < 4.78 is 0. The molecular formula is C15H18ClN3OS. The number of amides is 1.